The first-order valence-corrected chi connectivity index (χ1v) is 4.84. The van der Waals surface area contributed by atoms with Crippen molar-refractivity contribution < 1.29 is 0 Å². The zero-order chi connectivity index (χ0) is 10.0. The monoisotopic (exact) mass is 186 g/mol. The fraction of sp³-hybridized carbons (Fsp3) is 0.333. The zero-order valence-electron chi connectivity index (χ0n) is 8.57. The average molecular weight is 186 g/mol. The Balaban J connectivity index is 2.11. The van der Waals surface area contributed by atoms with E-state index in [9.17, 15) is 0 Å². The van der Waals surface area contributed by atoms with Crippen LogP contribution in [0.3, 0.4) is 0 Å². The van der Waals surface area contributed by atoms with Crippen molar-refractivity contribution in [3.8, 4) is 0 Å². The van der Waals surface area contributed by atoms with Crippen molar-refractivity contribution in [3.63, 3.8) is 0 Å². The van der Waals surface area contributed by atoms with Crippen molar-refractivity contribution in [1.29, 1.82) is 0 Å². The van der Waals surface area contributed by atoms with Crippen molar-refractivity contribution in [2.45, 2.75) is 25.8 Å². The highest BCUT2D eigenvalue weighted by Crippen LogP contribution is 2.24. The molecule has 0 N–H and O–H groups in total. The van der Waals surface area contributed by atoms with Crippen molar-refractivity contribution >= 4 is 0 Å². The molecule has 0 amide bonds. The van der Waals surface area contributed by atoms with E-state index in [1.165, 1.54) is 5.56 Å². The van der Waals surface area contributed by atoms with Crippen LogP contribution in [0.25, 0.3) is 0 Å². The van der Waals surface area contributed by atoms with Gasteiger partial charge in [0.2, 0.25) is 0 Å². The van der Waals surface area contributed by atoms with E-state index in [1.807, 2.05) is 18.2 Å². The summed E-state index contributed by atoms with van der Waals surface area (Å²) in [6.45, 7) is 4.13. The lowest BCUT2D eigenvalue weighted by molar-refractivity contribution is 0.644. The topological polar surface area (TPSA) is 24.7 Å². The van der Waals surface area contributed by atoms with Gasteiger partial charge in [0, 0.05) is 6.42 Å². The third-order valence-corrected chi connectivity index (χ3v) is 2.18. The van der Waals surface area contributed by atoms with Gasteiger partial charge in [-0.25, -0.2) is 0 Å². The molecular weight excluding hydrogens is 172 g/mol. The number of hydrogen-bond acceptors (Lipinski definition) is 2. The van der Waals surface area contributed by atoms with Crippen LogP contribution in [0.15, 0.2) is 52.3 Å². The first-order chi connectivity index (χ1) is 6.66. The lowest BCUT2D eigenvalue weighted by atomic mass is 10.0. The molecule has 2 nitrogen and oxygen atoms in total. The minimum absolute atomic E-state index is 0.107. The van der Waals surface area contributed by atoms with Gasteiger partial charge in [0.15, 0.2) is 0 Å². The second kappa shape index (κ2) is 3.37. The Morgan fingerprint density at radius 1 is 1.14 bits per heavy atom. The van der Waals surface area contributed by atoms with Crippen LogP contribution in [-0.2, 0) is 6.42 Å². The third kappa shape index (κ3) is 2.08. The number of benzene rings is 1. The van der Waals surface area contributed by atoms with Gasteiger partial charge in [-0.1, -0.05) is 30.3 Å². The summed E-state index contributed by atoms with van der Waals surface area (Å²) in [6, 6.07) is 10.3. The highest BCUT2D eigenvalue weighted by atomic mass is 15.2. The van der Waals surface area contributed by atoms with Gasteiger partial charge >= 0.3 is 0 Å². The summed E-state index contributed by atoms with van der Waals surface area (Å²) in [7, 11) is 0. The van der Waals surface area contributed by atoms with Gasteiger partial charge in [-0.05, 0) is 25.5 Å². The zero-order valence-corrected chi connectivity index (χ0v) is 8.57. The normalized spacial score (nSPS) is 18.3. The molecule has 1 aliphatic heterocycles. The number of azo groups is 1. The fourth-order valence-electron chi connectivity index (χ4n) is 1.55. The van der Waals surface area contributed by atoms with Crippen molar-refractivity contribution in [2.24, 2.45) is 10.2 Å². The molecule has 1 heterocycles. The molecule has 0 aromatic heterocycles. The highest BCUT2D eigenvalue weighted by Gasteiger charge is 2.19. The van der Waals surface area contributed by atoms with E-state index < -0.39 is 0 Å². The minimum atomic E-state index is -0.107. The van der Waals surface area contributed by atoms with Crippen LogP contribution in [0.2, 0.25) is 0 Å². The quantitative estimate of drug-likeness (QED) is 0.676. The molecule has 0 saturated carbocycles. The van der Waals surface area contributed by atoms with E-state index >= 15 is 0 Å². The maximum atomic E-state index is 4.18. The molecule has 0 radical (unpaired) electrons. The average Bonchev–Trinajstić information content (AvgIpc) is 2.47. The molecule has 0 spiro atoms. The largest absolute Gasteiger partial charge is 0.179 e. The van der Waals surface area contributed by atoms with Gasteiger partial charge in [-0.15, -0.1) is 0 Å². The van der Waals surface area contributed by atoms with Crippen molar-refractivity contribution in [3.05, 3.63) is 47.7 Å². The summed E-state index contributed by atoms with van der Waals surface area (Å²) in [4.78, 5) is 0. The summed E-state index contributed by atoms with van der Waals surface area (Å²) in [5.41, 5.74) is 2.25. The molecule has 14 heavy (non-hydrogen) atoms. The smallest absolute Gasteiger partial charge is 0.0965 e. The second-order valence-corrected chi connectivity index (χ2v) is 4.15. The molecule has 0 unspecified atom stereocenters. The van der Waals surface area contributed by atoms with Gasteiger partial charge in [0.1, 0.15) is 0 Å². The Labute approximate surface area is 84.4 Å². The Hall–Kier alpha value is -1.44. The number of nitrogens with zero attached hydrogens (tertiary/aromatic N) is 2. The molecule has 1 aromatic carbocycles. The minimum Gasteiger partial charge on any atom is -0.179 e. The van der Waals surface area contributed by atoms with Crippen LogP contribution < -0.4 is 0 Å². The second-order valence-electron chi connectivity index (χ2n) is 4.15. The molecule has 0 fully saturated rings. The standard InChI is InChI=1S/C12H14N2/c1-12(2)9-11(13-14-12)8-10-6-4-3-5-7-10/h3-7,9H,8H2,1-2H3. The van der Waals surface area contributed by atoms with Crippen LogP contribution in [0.4, 0.5) is 0 Å². The fourth-order valence-corrected chi connectivity index (χ4v) is 1.55. The Morgan fingerprint density at radius 2 is 1.86 bits per heavy atom. The molecule has 1 aromatic rings. The van der Waals surface area contributed by atoms with Crippen LogP contribution in [0.1, 0.15) is 19.4 Å². The van der Waals surface area contributed by atoms with Crippen LogP contribution >= 0.6 is 0 Å². The SMILES string of the molecule is CC1(C)C=C(Cc2ccccc2)N=N1. The lowest BCUT2D eigenvalue weighted by Gasteiger charge is -2.05. The summed E-state index contributed by atoms with van der Waals surface area (Å²) in [5.74, 6) is 0. The molecule has 0 aliphatic carbocycles. The van der Waals surface area contributed by atoms with Crippen LogP contribution in [0, 0.1) is 0 Å². The summed E-state index contributed by atoms with van der Waals surface area (Å²) < 4.78 is 0. The number of allylic oxidation sites excluding steroid dienone is 1. The molecular formula is C12H14N2. The number of rotatable bonds is 2. The molecule has 0 bridgehead atoms. The van der Waals surface area contributed by atoms with Crippen molar-refractivity contribution in [2.75, 3.05) is 0 Å². The lowest BCUT2D eigenvalue weighted by Crippen LogP contribution is -2.08. The predicted molar refractivity (Wildman–Crippen MR) is 57.2 cm³/mol. The van der Waals surface area contributed by atoms with Gasteiger partial charge in [-0.2, -0.15) is 10.2 Å². The Kier molecular flexibility index (Phi) is 2.20. The summed E-state index contributed by atoms with van der Waals surface area (Å²) in [6.07, 6.45) is 3.01. The van der Waals surface area contributed by atoms with Crippen LogP contribution in [0.5, 0.6) is 0 Å². The van der Waals surface area contributed by atoms with E-state index in [4.69, 9.17) is 0 Å². The van der Waals surface area contributed by atoms with E-state index in [1.54, 1.807) is 0 Å². The van der Waals surface area contributed by atoms with E-state index in [0.29, 0.717) is 0 Å². The van der Waals surface area contributed by atoms with E-state index in [-0.39, 0.29) is 5.54 Å². The van der Waals surface area contributed by atoms with Crippen molar-refractivity contribution in [1.82, 2.24) is 0 Å². The number of hydrogen-bond donors (Lipinski definition) is 0. The molecule has 2 rings (SSSR count). The highest BCUT2D eigenvalue weighted by molar-refractivity contribution is 5.24. The van der Waals surface area contributed by atoms with Gasteiger partial charge in [0.05, 0.1) is 11.2 Å². The first-order valence-electron chi connectivity index (χ1n) is 4.84. The third-order valence-electron chi connectivity index (χ3n) is 2.18. The predicted octanol–water partition coefficient (Wildman–Crippen LogP) is 3.36. The van der Waals surface area contributed by atoms with Gasteiger partial charge in [-0.3, -0.25) is 0 Å². The van der Waals surface area contributed by atoms with Gasteiger partial charge < -0.3 is 0 Å². The first kappa shape index (κ1) is 9.13. The van der Waals surface area contributed by atoms with E-state index in [2.05, 4.69) is 42.3 Å². The summed E-state index contributed by atoms with van der Waals surface area (Å²) >= 11 is 0. The van der Waals surface area contributed by atoms with E-state index in [0.717, 1.165) is 12.1 Å². The molecule has 72 valence electrons. The van der Waals surface area contributed by atoms with Crippen LogP contribution in [-0.4, -0.2) is 5.54 Å². The Bertz CT molecular complexity index is 375. The Morgan fingerprint density at radius 3 is 2.43 bits per heavy atom. The maximum absolute atomic E-state index is 4.18. The molecule has 1 aliphatic rings. The molecule has 2 heteroatoms. The maximum Gasteiger partial charge on any atom is 0.0965 e. The summed E-state index contributed by atoms with van der Waals surface area (Å²) in [5, 5.41) is 8.35. The molecule has 0 atom stereocenters. The van der Waals surface area contributed by atoms with Gasteiger partial charge in [0.25, 0.3) is 0 Å². The molecule has 0 saturated heterocycles.